The Balaban J connectivity index is 2.30. The Labute approximate surface area is 61.9 Å². The van der Waals surface area contributed by atoms with Crippen LogP contribution in [0.1, 0.15) is 19.3 Å². The number of aliphatic hydroxyl groups excluding tert-OH is 1. The van der Waals surface area contributed by atoms with Crippen molar-refractivity contribution in [3.63, 3.8) is 0 Å². The molecule has 10 heavy (non-hydrogen) atoms. The predicted octanol–water partition coefficient (Wildman–Crippen LogP) is 0.690. The van der Waals surface area contributed by atoms with Crippen molar-refractivity contribution in [2.24, 2.45) is 0 Å². The van der Waals surface area contributed by atoms with Crippen LogP contribution in [-0.4, -0.2) is 23.8 Å². The Bertz CT molecular complexity index is 108. The highest BCUT2D eigenvalue weighted by Gasteiger charge is 2.19. The first-order valence-corrected chi connectivity index (χ1v) is 3.82. The molecule has 1 saturated heterocycles. The number of hydrogen-bond donors (Lipinski definition) is 1. The fraction of sp³-hybridized carbons (Fsp3) is 0.750. The van der Waals surface area contributed by atoms with Gasteiger partial charge in [-0.2, -0.15) is 0 Å². The predicted molar refractivity (Wildman–Crippen MR) is 40.8 cm³/mol. The minimum atomic E-state index is -0.416. The molecule has 0 aromatic heterocycles. The summed E-state index contributed by atoms with van der Waals surface area (Å²) in [7, 11) is 0. The maximum atomic E-state index is 9.27. The molecule has 2 heteroatoms. The van der Waals surface area contributed by atoms with Crippen molar-refractivity contribution >= 4 is 0 Å². The lowest BCUT2D eigenvalue weighted by molar-refractivity contribution is 0.152. The lowest BCUT2D eigenvalue weighted by Gasteiger charge is -2.23. The lowest BCUT2D eigenvalue weighted by atomic mass is 10.0. The molecule has 0 spiro atoms. The Morgan fingerprint density at radius 2 is 2.40 bits per heavy atom. The molecule has 1 heterocycles. The molecule has 1 N–H and O–H groups in total. The largest absolute Gasteiger partial charge is 0.387 e. The molecule has 0 aromatic carbocycles. The third-order valence-electron chi connectivity index (χ3n) is 1.91. The summed E-state index contributed by atoms with van der Waals surface area (Å²) < 4.78 is 0. The van der Waals surface area contributed by atoms with Crippen molar-refractivity contribution in [1.82, 2.24) is 5.32 Å². The molecular formula is C8H14NO. The first-order valence-electron chi connectivity index (χ1n) is 3.82. The van der Waals surface area contributed by atoms with Crippen molar-refractivity contribution in [3.8, 4) is 0 Å². The summed E-state index contributed by atoms with van der Waals surface area (Å²) in [5.41, 5.74) is 0. The van der Waals surface area contributed by atoms with Crippen molar-refractivity contribution in [3.05, 3.63) is 12.7 Å². The summed E-state index contributed by atoms with van der Waals surface area (Å²) in [6, 6.07) is 0.131. The van der Waals surface area contributed by atoms with E-state index in [1.54, 1.807) is 6.08 Å². The first kappa shape index (κ1) is 7.76. The summed E-state index contributed by atoms with van der Waals surface area (Å²) in [4.78, 5) is 0. The molecular weight excluding hydrogens is 126 g/mol. The van der Waals surface area contributed by atoms with Gasteiger partial charge < -0.3 is 5.11 Å². The zero-order chi connectivity index (χ0) is 7.40. The van der Waals surface area contributed by atoms with E-state index in [0.717, 1.165) is 13.0 Å². The van der Waals surface area contributed by atoms with Crippen LogP contribution in [0.2, 0.25) is 0 Å². The minimum Gasteiger partial charge on any atom is -0.387 e. The topological polar surface area (TPSA) is 34.3 Å². The van der Waals surface area contributed by atoms with Gasteiger partial charge in [-0.25, -0.2) is 5.32 Å². The quantitative estimate of drug-likeness (QED) is 0.563. The number of nitrogens with zero attached hydrogens (tertiary/aromatic N) is 1. The van der Waals surface area contributed by atoms with E-state index >= 15 is 0 Å². The fourth-order valence-electron chi connectivity index (χ4n) is 1.25. The van der Waals surface area contributed by atoms with Crippen LogP contribution in [-0.2, 0) is 0 Å². The van der Waals surface area contributed by atoms with Crippen LogP contribution >= 0.6 is 0 Å². The molecule has 1 rings (SSSR count). The van der Waals surface area contributed by atoms with Gasteiger partial charge in [0.15, 0.2) is 0 Å². The maximum Gasteiger partial charge on any atom is 0.0887 e. The Morgan fingerprint density at radius 1 is 1.60 bits per heavy atom. The van der Waals surface area contributed by atoms with Crippen LogP contribution in [0.4, 0.5) is 0 Å². The standard InChI is InChI=1S/C8H14NO/c1-2-8(10)7-5-3-4-6-9-7/h2,7-8,10H,1,3-6H2. The van der Waals surface area contributed by atoms with Gasteiger partial charge in [0, 0.05) is 6.54 Å². The minimum absolute atomic E-state index is 0.131. The number of aliphatic hydroxyl groups is 1. The zero-order valence-corrected chi connectivity index (χ0v) is 6.16. The SMILES string of the molecule is C=CC(O)C1CCCC[N]1. The second-order valence-electron chi connectivity index (χ2n) is 2.70. The van der Waals surface area contributed by atoms with E-state index in [1.807, 2.05) is 0 Å². The normalized spacial score (nSPS) is 29.5. The van der Waals surface area contributed by atoms with Crippen LogP contribution in [0.15, 0.2) is 12.7 Å². The highest BCUT2D eigenvalue weighted by atomic mass is 16.3. The van der Waals surface area contributed by atoms with E-state index in [9.17, 15) is 5.11 Å². The monoisotopic (exact) mass is 140 g/mol. The smallest absolute Gasteiger partial charge is 0.0887 e. The van der Waals surface area contributed by atoms with Gasteiger partial charge in [-0.15, -0.1) is 6.58 Å². The molecule has 2 nitrogen and oxygen atoms in total. The third-order valence-corrected chi connectivity index (χ3v) is 1.91. The van der Waals surface area contributed by atoms with E-state index in [2.05, 4.69) is 11.9 Å². The lowest BCUT2D eigenvalue weighted by Crippen LogP contribution is -2.37. The van der Waals surface area contributed by atoms with Gasteiger partial charge in [0.1, 0.15) is 0 Å². The van der Waals surface area contributed by atoms with Gasteiger partial charge in [-0.05, 0) is 12.8 Å². The molecule has 57 valence electrons. The van der Waals surface area contributed by atoms with Crippen LogP contribution in [0.3, 0.4) is 0 Å². The fourth-order valence-corrected chi connectivity index (χ4v) is 1.25. The summed E-state index contributed by atoms with van der Waals surface area (Å²) in [5.74, 6) is 0. The Hall–Kier alpha value is -0.340. The van der Waals surface area contributed by atoms with E-state index in [1.165, 1.54) is 12.8 Å². The molecule has 0 saturated carbocycles. The zero-order valence-electron chi connectivity index (χ0n) is 6.16. The van der Waals surface area contributed by atoms with E-state index in [0.29, 0.717) is 0 Å². The maximum absolute atomic E-state index is 9.27. The molecule has 1 fully saturated rings. The van der Waals surface area contributed by atoms with Crippen LogP contribution in [0, 0.1) is 0 Å². The number of hydrogen-bond acceptors (Lipinski definition) is 1. The summed E-state index contributed by atoms with van der Waals surface area (Å²) in [5, 5.41) is 13.5. The summed E-state index contributed by atoms with van der Waals surface area (Å²) >= 11 is 0. The summed E-state index contributed by atoms with van der Waals surface area (Å²) in [6.45, 7) is 4.44. The average molecular weight is 140 g/mol. The Kier molecular flexibility index (Phi) is 2.90. The van der Waals surface area contributed by atoms with Gasteiger partial charge in [0.05, 0.1) is 12.1 Å². The third kappa shape index (κ3) is 1.82. The Morgan fingerprint density at radius 3 is 2.90 bits per heavy atom. The van der Waals surface area contributed by atoms with Crippen molar-refractivity contribution in [2.75, 3.05) is 6.54 Å². The number of piperidine rings is 1. The highest BCUT2D eigenvalue weighted by molar-refractivity contribution is 4.89. The number of rotatable bonds is 2. The van der Waals surface area contributed by atoms with Gasteiger partial charge in [0.25, 0.3) is 0 Å². The van der Waals surface area contributed by atoms with Crippen molar-refractivity contribution in [2.45, 2.75) is 31.4 Å². The van der Waals surface area contributed by atoms with Crippen molar-refractivity contribution in [1.29, 1.82) is 0 Å². The van der Waals surface area contributed by atoms with Gasteiger partial charge >= 0.3 is 0 Å². The molecule has 2 unspecified atom stereocenters. The van der Waals surface area contributed by atoms with E-state index in [-0.39, 0.29) is 6.04 Å². The molecule has 0 aromatic rings. The molecule has 1 radical (unpaired) electrons. The molecule has 1 aliphatic rings. The second-order valence-corrected chi connectivity index (χ2v) is 2.70. The molecule has 1 aliphatic heterocycles. The van der Waals surface area contributed by atoms with Gasteiger partial charge in [-0.1, -0.05) is 12.5 Å². The molecule has 0 amide bonds. The molecule has 0 bridgehead atoms. The average Bonchev–Trinajstić information content (AvgIpc) is 2.05. The molecule has 0 aliphatic carbocycles. The van der Waals surface area contributed by atoms with Gasteiger partial charge in [0.2, 0.25) is 0 Å². The van der Waals surface area contributed by atoms with Crippen LogP contribution < -0.4 is 5.32 Å². The first-order chi connectivity index (χ1) is 4.84. The van der Waals surface area contributed by atoms with Gasteiger partial charge in [-0.3, -0.25) is 0 Å². The van der Waals surface area contributed by atoms with E-state index < -0.39 is 6.10 Å². The van der Waals surface area contributed by atoms with Crippen molar-refractivity contribution < 1.29 is 5.11 Å². The summed E-state index contributed by atoms with van der Waals surface area (Å²) in [6.07, 6.45) is 4.55. The molecule has 2 atom stereocenters. The highest BCUT2D eigenvalue weighted by Crippen LogP contribution is 2.11. The van der Waals surface area contributed by atoms with Crippen LogP contribution in [0.25, 0.3) is 0 Å². The second kappa shape index (κ2) is 3.74. The van der Waals surface area contributed by atoms with E-state index in [4.69, 9.17) is 0 Å². The van der Waals surface area contributed by atoms with Crippen LogP contribution in [0.5, 0.6) is 0 Å².